The Hall–Kier alpha value is -1.92. The summed E-state index contributed by atoms with van der Waals surface area (Å²) in [6.45, 7) is 3.17. The highest BCUT2D eigenvalue weighted by molar-refractivity contribution is 5.86. The number of carbonyl (C=O) groups excluding carboxylic acids is 2. The molecule has 0 radical (unpaired) electrons. The maximum atomic E-state index is 12.6. The van der Waals surface area contributed by atoms with Crippen LogP contribution in [0.5, 0.6) is 0 Å². The molecule has 3 rings (SSSR count). The molecule has 2 fully saturated rings. The predicted molar refractivity (Wildman–Crippen MR) is 88.4 cm³/mol. The minimum Gasteiger partial charge on any atom is -0.376 e. The van der Waals surface area contributed by atoms with E-state index >= 15 is 0 Å². The molecule has 6 nitrogen and oxygen atoms in total. The molecule has 6 heteroatoms. The van der Waals surface area contributed by atoms with Gasteiger partial charge in [0.1, 0.15) is 6.61 Å². The van der Waals surface area contributed by atoms with E-state index in [1.54, 1.807) is 11.9 Å². The van der Waals surface area contributed by atoms with Gasteiger partial charge in [0.25, 0.3) is 5.91 Å². The van der Waals surface area contributed by atoms with Gasteiger partial charge in [-0.1, -0.05) is 29.8 Å². The molecule has 24 heavy (non-hydrogen) atoms. The summed E-state index contributed by atoms with van der Waals surface area (Å²) in [5, 5.41) is 2.91. The second-order valence-corrected chi connectivity index (χ2v) is 6.47. The van der Waals surface area contributed by atoms with E-state index in [-0.39, 0.29) is 24.5 Å². The normalized spacial score (nSPS) is 27.3. The molecule has 3 unspecified atom stereocenters. The maximum absolute atomic E-state index is 12.6. The van der Waals surface area contributed by atoms with Crippen molar-refractivity contribution in [1.82, 2.24) is 10.2 Å². The third-order valence-electron chi connectivity index (χ3n) is 4.69. The number of rotatable bonds is 4. The molecule has 2 aliphatic rings. The van der Waals surface area contributed by atoms with Gasteiger partial charge in [0.2, 0.25) is 5.91 Å². The van der Waals surface area contributed by atoms with Crippen LogP contribution >= 0.6 is 0 Å². The van der Waals surface area contributed by atoms with E-state index in [1.165, 1.54) is 0 Å². The lowest BCUT2D eigenvalue weighted by Gasteiger charge is -2.38. The number of hydrogen-bond acceptors (Lipinski definition) is 4. The molecule has 2 heterocycles. The van der Waals surface area contributed by atoms with Crippen molar-refractivity contribution in [3.63, 3.8) is 0 Å². The summed E-state index contributed by atoms with van der Waals surface area (Å²) in [4.78, 5) is 26.3. The van der Waals surface area contributed by atoms with Crippen LogP contribution < -0.4 is 5.32 Å². The molecule has 0 spiro atoms. The van der Waals surface area contributed by atoms with E-state index in [0.29, 0.717) is 6.54 Å². The van der Waals surface area contributed by atoms with Crippen molar-refractivity contribution in [3.8, 4) is 0 Å². The van der Waals surface area contributed by atoms with Crippen LogP contribution in [0.25, 0.3) is 0 Å². The Kier molecular flexibility index (Phi) is 5.16. The summed E-state index contributed by atoms with van der Waals surface area (Å²) in [5.74, 6) is -0.320. The van der Waals surface area contributed by atoms with Gasteiger partial charge in [0, 0.05) is 20.2 Å². The maximum Gasteiger partial charge on any atom is 0.251 e. The predicted octanol–water partition coefficient (Wildman–Crippen LogP) is 1.19. The van der Waals surface area contributed by atoms with Gasteiger partial charge in [-0.05, 0) is 25.3 Å². The van der Waals surface area contributed by atoms with Crippen LogP contribution in [0.1, 0.15) is 30.0 Å². The van der Waals surface area contributed by atoms with Crippen LogP contribution in [0, 0.1) is 6.92 Å². The number of amides is 2. The Morgan fingerprint density at radius 3 is 2.71 bits per heavy atom. The number of carbonyl (C=O) groups is 2. The Morgan fingerprint density at radius 2 is 2.04 bits per heavy atom. The van der Waals surface area contributed by atoms with Crippen LogP contribution in [-0.4, -0.2) is 55.7 Å². The van der Waals surface area contributed by atoms with E-state index in [9.17, 15) is 9.59 Å². The third kappa shape index (κ3) is 3.60. The highest BCUT2D eigenvalue weighted by atomic mass is 16.5. The van der Waals surface area contributed by atoms with Crippen LogP contribution in [-0.2, 0) is 19.1 Å². The molecule has 0 bridgehead atoms. The lowest BCUT2D eigenvalue weighted by Crippen LogP contribution is -2.53. The smallest absolute Gasteiger partial charge is 0.251 e. The van der Waals surface area contributed by atoms with Gasteiger partial charge < -0.3 is 19.7 Å². The van der Waals surface area contributed by atoms with Gasteiger partial charge in [0.05, 0.1) is 12.1 Å². The third-order valence-corrected chi connectivity index (χ3v) is 4.69. The fourth-order valence-electron chi connectivity index (χ4n) is 3.21. The van der Waals surface area contributed by atoms with Crippen molar-refractivity contribution in [2.45, 2.75) is 38.0 Å². The molecule has 0 aromatic heterocycles. The second-order valence-electron chi connectivity index (χ2n) is 6.47. The van der Waals surface area contributed by atoms with Crippen molar-refractivity contribution < 1.29 is 19.1 Å². The van der Waals surface area contributed by atoms with Crippen molar-refractivity contribution in [1.29, 1.82) is 0 Å². The van der Waals surface area contributed by atoms with Crippen LogP contribution in [0.2, 0.25) is 0 Å². The van der Waals surface area contributed by atoms with Gasteiger partial charge in [-0.25, -0.2) is 0 Å². The molecule has 3 atom stereocenters. The summed E-state index contributed by atoms with van der Waals surface area (Å²) in [5.41, 5.74) is 2.03. The molecule has 1 aromatic carbocycles. The van der Waals surface area contributed by atoms with Crippen molar-refractivity contribution >= 4 is 11.8 Å². The molecule has 0 aliphatic carbocycles. The van der Waals surface area contributed by atoms with Crippen molar-refractivity contribution in [3.05, 3.63) is 35.4 Å². The molecule has 2 amide bonds. The summed E-state index contributed by atoms with van der Waals surface area (Å²) in [6, 6.07) is 7.42. The summed E-state index contributed by atoms with van der Waals surface area (Å²) < 4.78 is 11.1. The summed E-state index contributed by atoms with van der Waals surface area (Å²) in [7, 11) is 1.72. The summed E-state index contributed by atoms with van der Waals surface area (Å²) >= 11 is 0. The number of ether oxygens (including phenoxy) is 2. The van der Waals surface area contributed by atoms with E-state index in [4.69, 9.17) is 9.47 Å². The number of hydrogen-bond donors (Lipinski definition) is 1. The molecule has 130 valence electrons. The average Bonchev–Trinajstić information content (AvgIpc) is 3.09. The van der Waals surface area contributed by atoms with Gasteiger partial charge in [-0.3, -0.25) is 9.59 Å². The monoisotopic (exact) mass is 332 g/mol. The first-order valence-corrected chi connectivity index (χ1v) is 8.39. The first-order valence-electron chi connectivity index (χ1n) is 8.39. The number of morpholine rings is 1. The zero-order chi connectivity index (χ0) is 17.1. The number of benzene rings is 1. The molecule has 1 N–H and O–H groups in total. The first kappa shape index (κ1) is 16.9. The van der Waals surface area contributed by atoms with E-state index in [1.807, 2.05) is 31.2 Å². The minimum atomic E-state index is -0.711. The van der Waals surface area contributed by atoms with E-state index < -0.39 is 12.1 Å². The Morgan fingerprint density at radius 1 is 1.29 bits per heavy atom. The van der Waals surface area contributed by atoms with Gasteiger partial charge >= 0.3 is 0 Å². The first-order chi connectivity index (χ1) is 11.6. The SMILES string of the molecule is Cc1ccc(C2C(C(=O)NCC3CCCO3)OCC(=O)N2C)cc1. The van der Waals surface area contributed by atoms with Crippen molar-refractivity contribution in [2.24, 2.45) is 0 Å². The number of aryl methyl sites for hydroxylation is 1. The van der Waals surface area contributed by atoms with Crippen LogP contribution in [0.3, 0.4) is 0 Å². The second kappa shape index (κ2) is 7.32. The number of nitrogens with zero attached hydrogens (tertiary/aromatic N) is 1. The average molecular weight is 332 g/mol. The zero-order valence-electron chi connectivity index (χ0n) is 14.2. The number of likely N-dealkylation sites (N-methyl/N-ethyl adjacent to an activating group) is 1. The molecule has 1 aromatic rings. The molecule has 2 aliphatic heterocycles. The fraction of sp³-hybridized carbons (Fsp3) is 0.556. The van der Waals surface area contributed by atoms with Gasteiger partial charge in [-0.15, -0.1) is 0 Å². The highest BCUT2D eigenvalue weighted by Gasteiger charge is 2.40. The number of nitrogens with one attached hydrogen (secondary N) is 1. The zero-order valence-corrected chi connectivity index (χ0v) is 14.2. The molecular formula is C18H24N2O4. The lowest BCUT2D eigenvalue weighted by atomic mass is 9.96. The fourth-order valence-corrected chi connectivity index (χ4v) is 3.21. The Bertz CT molecular complexity index is 596. The summed E-state index contributed by atoms with van der Waals surface area (Å²) in [6.07, 6.45) is 1.36. The Balaban J connectivity index is 1.74. The van der Waals surface area contributed by atoms with E-state index in [2.05, 4.69) is 5.32 Å². The standard InChI is InChI=1S/C18H24N2O4/c1-12-5-7-13(8-6-12)16-17(24-11-15(21)20(16)2)18(22)19-10-14-4-3-9-23-14/h5-8,14,16-17H,3-4,9-11H2,1-2H3,(H,19,22). The van der Waals surface area contributed by atoms with Crippen LogP contribution in [0.4, 0.5) is 0 Å². The lowest BCUT2D eigenvalue weighted by molar-refractivity contribution is -0.162. The topological polar surface area (TPSA) is 67.9 Å². The van der Waals surface area contributed by atoms with Crippen molar-refractivity contribution in [2.75, 3.05) is 26.8 Å². The van der Waals surface area contributed by atoms with Gasteiger partial charge in [0.15, 0.2) is 6.10 Å². The Labute approximate surface area is 142 Å². The van der Waals surface area contributed by atoms with Gasteiger partial charge in [-0.2, -0.15) is 0 Å². The molecular weight excluding hydrogens is 308 g/mol. The highest BCUT2D eigenvalue weighted by Crippen LogP contribution is 2.29. The van der Waals surface area contributed by atoms with Crippen LogP contribution in [0.15, 0.2) is 24.3 Å². The largest absolute Gasteiger partial charge is 0.376 e. The van der Waals surface area contributed by atoms with E-state index in [0.717, 1.165) is 30.6 Å². The molecule has 0 saturated carbocycles. The minimum absolute atomic E-state index is 0.0725. The molecule has 2 saturated heterocycles. The quantitative estimate of drug-likeness (QED) is 0.899.